The number of hydrazone groups is 1. The summed E-state index contributed by atoms with van der Waals surface area (Å²) in [6.45, 7) is 0.445. The number of halogens is 1. The zero-order valence-corrected chi connectivity index (χ0v) is 15.5. The molecule has 4 nitrogen and oxygen atoms in total. The summed E-state index contributed by atoms with van der Waals surface area (Å²) in [6.07, 6.45) is 1.58. The highest BCUT2D eigenvalue weighted by Crippen LogP contribution is 2.19. The average Bonchev–Trinajstić information content (AvgIpc) is 2.68. The van der Waals surface area contributed by atoms with Crippen LogP contribution in [0, 0.1) is 0 Å². The van der Waals surface area contributed by atoms with E-state index in [1.54, 1.807) is 18.3 Å². The summed E-state index contributed by atoms with van der Waals surface area (Å²) < 4.78 is 6.91. The maximum absolute atomic E-state index is 12.0. The molecule has 0 aliphatic heterocycles. The lowest BCUT2D eigenvalue weighted by atomic mass is 10.2. The highest BCUT2D eigenvalue weighted by molar-refractivity contribution is 9.10. The Morgan fingerprint density at radius 1 is 1.00 bits per heavy atom. The van der Waals surface area contributed by atoms with Crippen molar-refractivity contribution in [2.45, 2.75) is 6.61 Å². The van der Waals surface area contributed by atoms with Crippen molar-refractivity contribution >= 4 is 28.1 Å². The van der Waals surface area contributed by atoms with E-state index in [2.05, 4.69) is 26.5 Å². The van der Waals surface area contributed by atoms with Gasteiger partial charge in [-0.25, -0.2) is 5.43 Å². The molecule has 3 aromatic carbocycles. The molecule has 1 N–H and O–H groups in total. The zero-order valence-electron chi connectivity index (χ0n) is 13.9. The first-order chi connectivity index (χ1) is 12.7. The van der Waals surface area contributed by atoms with Gasteiger partial charge in [-0.15, -0.1) is 0 Å². The second-order valence-corrected chi connectivity index (χ2v) is 6.44. The Balaban J connectivity index is 1.64. The summed E-state index contributed by atoms with van der Waals surface area (Å²) in [5.74, 6) is 0.444. The highest BCUT2D eigenvalue weighted by Gasteiger charge is 2.04. The number of carbonyl (C=O) groups excluding carboxylic acids is 1. The Morgan fingerprint density at radius 2 is 1.77 bits per heavy atom. The quantitative estimate of drug-likeness (QED) is 0.470. The molecule has 3 aromatic rings. The van der Waals surface area contributed by atoms with Gasteiger partial charge < -0.3 is 4.74 Å². The molecule has 0 saturated carbocycles. The number of rotatable bonds is 6. The maximum atomic E-state index is 12.0. The van der Waals surface area contributed by atoms with Crippen molar-refractivity contribution in [3.8, 4) is 5.75 Å². The van der Waals surface area contributed by atoms with Gasteiger partial charge >= 0.3 is 0 Å². The molecule has 0 aliphatic rings. The van der Waals surface area contributed by atoms with Gasteiger partial charge in [-0.2, -0.15) is 5.10 Å². The van der Waals surface area contributed by atoms with Crippen LogP contribution >= 0.6 is 15.9 Å². The predicted octanol–water partition coefficient (Wildman–Crippen LogP) is 4.79. The van der Waals surface area contributed by atoms with E-state index in [0.717, 1.165) is 15.6 Å². The van der Waals surface area contributed by atoms with Crippen molar-refractivity contribution in [3.63, 3.8) is 0 Å². The van der Waals surface area contributed by atoms with Crippen molar-refractivity contribution in [2.75, 3.05) is 0 Å². The fourth-order valence-corrected chi connectivity index (χ4v) is 2.77. The molecule has 0 atom stereocenters. The number of carbonyl (C=O) groups is 1. The average molecular weight is 409 g/mol. The number of hydrogen-bond acceptors (Lipinski definition) is 3. The minimum absolute atomic E-state index is 0.255. The van der Waals surface area contributed by atoms with Crippen molar-refractivity contribution in [2.24, 2.45) is 5.10 Å². The lowest BCUT2D eigenvalue weighted by Crippen LogP contribution is -2.17. The molecular weight excluding hydrogens is 392 g/mol. The second kappa shape index (κ2) is 8.97. The van der Waals surface area contributed by atoms with Crippen molar-refractivity contribution < 1.29 is 9.53 Å². The molecule has 0 aromatic heterocycles. The molecule has 0 fully saturated rings. The van der Waals surface area contributed by atoms with Crippen LogP contribution in [0.3, 0.4) is 0 Å². The lowest BCUT2D eigenvalue weighted by molar-refractivity contribution is 0.0955. The molecule has 26 heavy (non-hydrogen) atoms. The topological polar surface area (TPSA) is 50.7 Å². The Hall–Kier alpha value is -2.92. The summed E-state index contributed by atoms with van der Waals surface area (Å²) in [6, 6.07) is 24.5. The van der Waals surface area contributed by atoms with Gasteiger partial charge in [0.25, 0.3) is 5.91 Å². The largest absolute Gasteiger partial charge is 0.488 e. The van der Waals surface area contributed by atoms with Gasteiger partial charge in [0, 0.05) is 15.6 Å². The third-order valence-corrected chi connectivity index (χ3v) is 4.10. The first kappa shape index (κ1) is 17.9. The number of nitrogens with one attached hydrogen (secondary N) is 1. The number of benzene rings is 3. The standard InChI is InChI=1S/C21H17BrN2O2/c22-19-11-6-7-16(13-19)15-26-20-12-5-4-10-18(20)14-23-24-21(25)17-8-2-1-3-9-17/h1-14H,15H2,(H,24,25)/b23-14-. The molecule has 0 bridgehead atoms. The number of amides is 1. The Bertz CT molecular complexity index is 911. The normalized spacial score (nSPS) is 10.7. The van der Waals surface area contributed by atoms with Crippen LogP contribution < -0.4 is 10.2 Å². The van der Waals surface area contributed by atoms with Crippen molar-refractivity contribution in [3.05, 3.63) is 100 Å². The minimum Gasteiger partial charge on any atom is -0.488 e. The van der Waals surface area contributed by atoms with Gasteiger partial charge in [0.05, 0.1) is 6.21 Å². The van der Waals surface area contributed by atoms with E-state index in [4.69, 9.17) is 4.74 Å². The fraction of sp³-hybridized carbons (Fsp3) is 0.0476. The predicted molar refractivity (Wildman–Crippen MR) is 106 cm³/mol. The molecule has 0 saturated heterocycles. The van der Waals surface area contributed by atoms with Crippen LogP contribution in [-0.2, 0) is 6.61 Å². The van der Waals surface area contributed by atoms with Gasteiger partial charge in [-0.05, 0) is 42.0 Å². The van der Waals surface area contributed by atoms with Gasteiger partial charge in [0.15, 0.2) is 0 Å². The van der Waals surface area contributed by atoms with E-state index in [0.29, 0.717) is 17.9 Å². The van der Waals surface area contributed by atoms with Gasteiger partial charge in [0.2, 0.25) is 0 Å². The highest BCUT2D eigenvalue weighted by atomic mass is 79.9. The monoisotopic (exact) mass is 408 g/mol. The van der Waals surface area contributed by atoms with E-state index in [9.17, 15) is 4.79 Å². The van der Waals surface area contributed by atoms with E-state index >= 15 is 0 Å². The summed E-state index contributed by atoms with van der Waals surface area (Å²) in [7, 11) is 0. The number of ether oxygens (including phenoxy) is 1. The third-order valence-electron chi connectivity index (χ3n) is 3.61. The smallest absolute Gasteiger partial charge is 0.271 e. The molecule has 130 valence electrons. The first-order valence-electron chi connectivity index (χ1n) is 8.07. The third kappa shape index (κ3) is 5.04. The molecule has 3 rings (SSSR count). The molecule has 0 spiro atoms. The van der Waals surface area contributed by atoms with Crippen LogP contribution in [0.25, 0.3) is 0 Å². The van der Waals surface area contributed by atoms with Crippen LogP contribution in [0.1, 0.15) is 21.5 Å². The SMILES string of the molecule is O=C(N/N=C\c1ccccc1OCc1cccc(Br)c1)c1ccccc1. The van der Waals surface area contributed by atoms with E-state index in [1.165, 1.54) is 0 Å². The molecule has 0 radical (unpaired) electrons. The Labute approximate surface area is 160 Å². The summed E-state index contributed by atoms with van der Waals surface area (Å²) in [5, 5.41) is 4.04. The number of para-hydroxylation sites is 1. The maximum Gasteiger partial charge on any atom is 0.271 e. The van der Waals surface area contributed by atoms with Gasteiger partial charge in [0.1, 0.15) is 12.4 Å². The summed E-state index contributed by atoms with van der Waals surface area (Å²) in [4.78, 5) is 12.0. The minimum atomic E-state index is -0.255. The molecule has 0 unspecified atom stereocenters. The van der Waals surface area contributed by atoms with E-state index in [-0.39, 0.29) is 5.91 Å². The van der Waals surface area contributed by atoms with Crippen LogP contribution in [0.5, 0.6) is 5.75 Å². The molecule has 1 amide bonds. The summed E-state index contributed by atoms with van der Waals surface area (Å²) in [5.41, 5.74) is 4.93. The van der Waals surface area contributed by atoms with Crippen LogP contribution in [0.4, 0.5) is 0 Å². The second-order valence-electron chi connectivity index (χ2n) is 5.52. The van der Waals surface area contributed by atoms with Crippen LogP contribution in [0.15, 0.2) is 88.4 Å². The van der Waals surface area contributed by atoms with Gasteiger partial charge in [-0.3, -0.25) is 4.79 Å². The van der Waals surface area contributed by atoms with Crippen LogP contribution in [0.2, 0.25) is 0 Å². The van der Waals surface area contributed by atoms with Crippen LogP contribution in [-0.4, -0.2) is 12.1 Å². The van der Waals surface area contributed by atoms with Gasteiger partial charge in [-0.1, -0.05) is 58.4 Å². The fourth-order valence-electron chi connectivity index (χ4n) is 2.32. The van der Waals surface area contributed by atoms with Crippen molar-refractivity contribution in [1.82, 2.24) is 5.43 Å². The molecular formula is C21H17BrN2O2. The molecule has 0 heterocycles. The lowest BCUT2D eigenvalue weighted by Gasteiger charge is -2.09. The summed E-state index contributed by atoms with van der Waals surface area (Å²) >= 11 is 3.45. The first-order valence-corrected chi connectivity index (χ1v) is 8.86. The molecule has 5 heteroatoms. The number of hydrogen-bond donors (Lipinski definition) is 1. The zero-order chi connectivity index (χ0) is 18.2. The Morgan fingerprint density at radius 3 is 2.58 bits per heavy atom. The Kier molecular flexibility index (Phi) is 6.17. The number of nitrogens with zero attached hydrogens (tertiary/aromatic N) is 1. The molecule has 0 aliphatic carbocycles. The van der Waals surface area contributed by atoms with Crippen molar-refractivity contribution in [1.29, 1.82) is 0 Å². The van der Waals surface area contributed by atoms with E-state index in [1.807, 2.05) is 66.7 Å². The van der Waals surface area contributed by atoms with E-state index < -0.39 is 0 Å².